The van der Waals surface area contributed by atoms with Crippen molar-refractivity contribution in [2.75, 3.05) is 36.0 Å². The molecule has 0 radical (unpaired) electrons. The van der Waals surface area contributed by atoms with Gasteiger partial charge in [-0.2, -0.15) is 4.98 Å². The van der Waals surface area contributed by atoms with E-state index in [0.717, 1.165) is 31.9 Å². The number of ether oxygens (including phenoxy) is 1. The number of rotatable bonds is 5. The van der Waals surface area contributed by atoms with Crippen LogP contribution in [0, 0.1) is 5.82 Å². The summed E-state index contributed by atoms with van der Waals surface area (Å²) in [6.45, 7) is 3.08. The molecule has 0 saturated carbocycles. The Labute approximate surface area is 167 Å². The fraction of sp³-hybridized carbons (Fsp3) is 0.190. The smallest absolute Gasteiger partial charge is 0.248 e. The molecule has 3 aromatic rings. The number of primary amides is 1. The minimum Gasteiger partial charge on any atom is -0.439 e. The van der Waals surface area contributed by atoms with Gasteiger partial charge in [0.25, 0.3) is 0 Å². The molecule has 0 atom stereocenters. The lowest BCUT2D eigenvalue weighted by Crippen LogP contribution is -2.47. The van der Waals surface area contributed by atoms with Crippen molar-refractivity contribution in [1.29, 1.82) is 0 Å². The SMILES string of the molecule is NC(=O)c1ccc(N2CCN(c3nccc(Oc4ccc(F)cc4)n3)CC2)cc1. The number of hydrogen-bond acceptors (Lipinski definition) is 6. The Morgan fingerprint density at radius 1 is 0.931 bits per heavy atom. The normalized spacial score (nSPS) is 14.0. The van der Waals surface area contributed by atoms with Gasteiger partial charge in [0.15, 0.2) is 0 Å². The number of hydrogen-bond donors (Lipinski definition) is 1. The van der Waals surface area contributed by atoms with Gasteiger partial charge >= 0.3 is 0 Å². The molecule has 1 amide bonds. The zero-order valence-corrected chi connectivity index (χ0v) is 15.7. The Bertz CT molecular complexity index is 987. The Morgan fingerprint density at radius 2 is 1.59 bits per heavy atom. The number of halogens is 1. The Morgan fingerprint density at radius 3 is 2.24 bits per heavy atom. The van der Waals surface area contributed by atoms with Crippen molar-refractivity contribution in [2.24, 2.45) is 5.73 Å². The third-order valence-corrected chi connectivity index (χ3v) is 4.73. The van der Waals surface area contributed by atoms with E-state index in [4.69, 9.17) is 10.5 Å². The molecule has 2 N–H and O–H groups in total. The first kappa shape index (κ1) is 18.7. The van der Waals surface area contributed by atoms with Gasteiger partial charge in [0, 0.05) is 49.7 Å². The van der Waals surface area contributed by atoms with E-state index in [1.807, 2.05) is 12.1 Å². The van der Waals surface area contributed by atoms with E-state index in [-0.39, 0.29) is 5.82 Å². The molecule has 29 heavy (non-hydrogen) atoms. The highest BCUT2D eigenvalue weighted by Crippen LogP contribution is 2.23. The van der Waals surface area contributed by atoms with Crippen LogP contribution in [0.1, 0.15) is 10.4 Å². The summed E-state index contributed by atoms with van der Waals surface area (Å²) in [6.07, 6.45) is 1.65. The summed E-state index contributed by atoms with van der Waals surface area (Å²) in [4.78, 5) is 24.4. The first-order valence-electron chi connectivity index (χ1n) is 9.25. The lowest BCUT2D eigenvalue weighted by molar-refractivity contribution is 0.100. The fourth-order valence-electron chi connectivity index (χ4n) is 3.17. The Hall–Kier alpha value is -3.68. The topological polar surface area (TPSA) is 84.6 Å². The number of nitrogens with two attached hydrogens (primary N) is 1. The lowest BCUT2D eigenvalue weighted by Gasteiger charge is -2.36. The monoisotopic (exact) mass is 393 g/mol. The van der Waals surface area contributed by atoms with Crippen molar-refractivity contribution < 1.29 is 13.9 Å². The van der Waals surface area contributed by atoms with Gasteiger partial charge in [-0.15, -0.1) is 0 Å². The molecule has 148 valence electrons. The number of anilines is 2. The second-order valence-electron chi connectivity index (χ2n) is 6.64. The predicted molar refractivity (Wildman–Crippen MR) is 108 cm³/mol. The van der Waals surface area contributed by atoms with Crippen LogP contribution in [-0.2, 0) is 0 Å². The van der Waals surface area contributed by atoms with Crippen molar-refractivity contribution in [3.05, 3.63) is 72.2 Å². The van der Waals surface area contributed by atoms with E-state index in [0.29, 0.717) is 23.1 Å². The van der Waals surface area contributed by atoms with Crippen LogP contribution in [0.15, 0.2) is 60.8 Å². The molecule has 0 aliphatic carbocycles. The predicted octanol–water partition coefficient (Wildman–Crippen LogP) is 2.83. The number of nitrogens with zero attached hydrogens (tertiary/aromatic N) is 4. The minimum atomic E-state index is -0.429. The van der Waals surface area contributed by atoms with Gasteiger partial charge in [0.1, 0.15) is 11.6 Å². The average molecular weight is 393 g/mol. The molecule has 8 heteroatoms. The maximum Gasteiger partial charge on any atom is 0.248 e. The van der Waals surface area contributed by atoms with Crippen molar-refractivity contribution in [2.45, 2.75) is 0 Å². The highest BCUT2D eigenvalue weighted by Gasteiger charge is 2.20. The molecule has 0 unspecified atom stereocenters. The highest BCUT2D eigenvalue weighted by molar-refractivity contribution is 5.93. The van der Waals surface area contributed by atoms with Gasteiger partial charge in [-0.1, -0.05) is 0 Å². The standard InChI is InChI=1S/C21H20FN5O2/c22-16-3-7-18(8-4-16)29-19-9-10-24-21(25-19)27-13-11-26(12-14-27)17-5-1-15(2-6-17)20(23)28/h1-10H,11-14H2,(H2,23,28). The zero-order chi connectivity index (χ0) is 20.2. The number of amides is 1. The van der Waals surface area contributed by atoms with E-state index in [2.05, 4.69) is 19.8 Å². The third-order valence-electron chi connectivity index (χ3n) is 4.73. The first-order valence-corrected chi connectivity index (χ1v) is 9.25. The van der Waals surface area contributed by atoms with Gasteiger partial charge < -0.3 is 20.3 Å². The van der Waals surface area contributed by atoms with Gasteiger partial charge in [-0.25, -0.2) is 9.37 Å². The molecule has 7 nitrogen and oxygen atoms in total. The molecule has 4 rings (SSSR count). The molecular formula is C21H20FN5O2. The second kappa shape index (κ2) is 8.14. The van der Waals surface area contributed by atoms with Crippen LogP contribution in [0.4, 0.5) is 16.0 Å². The summed E-state index contributed by atoms with van der Waals surface area (Å²) < 4.78 is 18.7. The number of carbonyl (C=O) groups is 1. The van der Waals surface area contributed by atoms with E-state index in [1.165, 1.54) is 12.1 Å². The van der Waals surface area contributed by atoms with Crippen LogP contribution >= 0.6 is 0 Å². The van der Waals surface area contributed by atoms with Crippen molar-refractivity contribution in [3.63, 3.8) is 0 Å². The molecule has 1 fully saturated rings. The highest BCUT2D eigenvalue weighted by atomic mass is 19.1. The molecule has 1 aliphatic heterocycles. The minimum absolute atomic E-state index is 0.317. The summed E-state index contributed by atoms with van der Waals surface area (Å²) in [7, 11) is 0. The number of aromatic nitrogens is 2. The van der Waals surface area contributed by atoms with E-state index >= 15 is 0 Å². The van der Waals surface area contributed by atoms with Gasteiger partial charge in [0.05, 0.1) is 0 Å². The molecular weight excluding hydrogens is 373 g/mol. The molecule has 1 aromatic heterocycles. The van der Waals surface area contributed by atoms with Crippen LogP contribution in [0.25, 0.3) is 0 Å². The molecule has 1 aliphatic rings. The van der Waals surface area contributed by atoms with Crippen LogP contribution in [0.5, 0.6) is 11.6 Å². The van der Waals surface area contributed by atoms with E-state index in [1.54, 1.807) is 36.5 Å². The van der Waals surface area contributed by atoms with Crippen LogP contribution in [0.3, 0.4) is 0 Å². The third kappa shape index (κ3) is 4.43. The summed E-state index contributed by atoms with van der Waals surface area (Å²) in [5.41, 5.74) is 6.84. The number of piperazine rings is 1. The lowest BCUT2D eigenvalue weighted by atomic mass is 10.1. The quantitative estimate of drug-likeness (QED) is 0.718. The summed E-state index contributed by atoms with van der Waals surface area (Å²) in [5.74, 6) is 0.767. The largest absolute Gasteiger partial charge is 0.439 e. The molecule has 2 heterocycles. The summed E-state index contributed by atoms with van der Waals surface area (Å²) in [6, 6.07) is 14.8. The van der Waals surface area contributed by atoms with Crippen LogP contribution < -0.4 is 20.3 Å². The zero-order valence-electron chi connectivity index (χ0n) is 15.7. The molecule has 0 bridgehead atoms. The Kier molecular flexibility index (Phi) is 5.24. The second-order valence-corrected chi connectivity index (χ2v) is 6.64. The van der Waals surface area contributed by atoms with E-state index < -0.39 is 5.91 Å². The maximum absolute atomic E-state index is 13.0. The summed E-state index contributed by atoms with van der Waals surface area (Å²) >= 11 is 0. The number of carbonyl (C=O) groups excluding carboxylic acids is 1. The van der Waals surface area contributed by atoms with Crippen molar-refractivity contribution in [1.82, 2.24) is 9.97 Å². The molecule has 1 saturated heterocycles. The van der Waals surface area contributed by atoms with Crippen molar-refractivity contribution in [3.8, 4) is 11.6 Å². The van der Waals surface area contributed by atoms with Gasteiger partial charge in [-0.05, 0) is 48.5 Å². The fourth-order valence-corrected chi connectivity index (χ4v) is 3.17. The molecule has 0 spiro atoms. The first-order chi connectivity index (χ1) is 14.1. The van der Waals surface area contributed by atoms with Gasteiger partial charge in [0.2, 0.25) is 17.7 Å². The number of benzene rings is 2. The summed E-state index contributed by atoms with van der Waals surface area (Å²) in [5, 5.41) is 0. The Balaban J connectivity index is 1.39. The maximum atomic E-state index is 13.0. The van der Waals surface area contributed by atoms with E-state index in [9.17, 15) is 9.18 Å². The van der Waals surface area contributed by atoms with Crippen LogP contribution in [0.2, 0.25) is 0 Å². The van der Waals surface area contributed by atoms with Crippen molar-refractivity contribution >= 4 is 17.5 Å². The average Bonchev–Trinajstić information content (AvgIpc) is 2.76. The van der Waals surface area contributed by atoms with Crippen LogP contribution in [-0.4, -0.2) is 42.1 Å². The van der Waals surface area contributed by atoms with Gasteiger partial charge in [-0.3, -0.25) is 4.79 Å². The molecule has 2 aromatic carbocycles.